The fourth-order valence-corrected chi connectivity index (χ4v) is 2.10. The Balaban J connectivity index is 1.80. The summed E-state index contributed by atoms with van der Waals surface area (Å²) in [5.74, 6) is 1.41. The van der Waals surface area contributed by atoms with Gasteiger partial charge in [-0.25, -0.2) is 0 Å². The van der Waals surface area contributed by atoms with Crippen molar-refractivity contribution in [3.8, 4) is 5.75 Å². The average molecular weight is 322 g/mol. The minimum absolute atomic E-state index is 0.255. The van der Waals surface area contributed by atoms with E-state index in [0.29, 0.717) is 18.9 Å². The summed E-state index contributed by atoms with van der Waals surface area (Å²) < 4.78 is 11.1. The summed E-state index contributed by atoms with van der Waals surface area (Å²) >= 11 is 5.90. The van der Waals surface area contributed by atoms with Gasteiger partial charge in [-0.2, -0.15) is 0 Å². The van der Waals surface area contributed by atoms with Crippen molar-refractivity contribution in [2.75, 3.05) is 13.2 Å². The number of aryl methyl sites for hydroxylation is 1. The van der Waals surface area contributed by atoms with Crippen molar-refractivity contribution in [1.29, 1.82) is 0 Å². The van der Waals surface area contributed by atoms with Gasteiger partial charge < -0.3 is 14.5 Å². The van der Waals surface area contributed by atoms with Gasteiger partial charge in [0.1, 0.15) is 18.1 Å². The lowest BCUT2D eigenvalue weighted by molar-refractivity contribution is 0.0917. The molecular weight excluding hydrogens is 302 g/mol. The highest BCUT2D eigenvalue weighted by atomic mass is 35.5. The number of furan rings is 1. The molecular formula is C17H20ClNO3. The molecule has 1 N–H and O–H groups in total. The topological polar surface area (TPSA) is 51.5 Å². The molecule has 0 spiro atoms. The van der Waals surface area contributed by atoms with Crippen molar-refractivity contribution >= 4 is 17.5 Å². The molecule has 0 radical (unpaired) electrons. The molecule has 4 nitrogen and oxygen atoms in total. The summed E-state index contributed by atoms with van der Waals surface area (Å²) in [4.78, 5) is 11.9. The first kappa shape index (κ1) is 16.4. The van der Waals surface area contributed by atoms with Gasteiger partial charge in [-0.3, -0.25) is 4.79 Å². The maximum absolute atomic E-state index is 11.9. The molecule has 0 bridgehead atoms. The van der Waals surface area contributed by atoms with Crippen LogP contribution in [0.3, 0.4) is 0 Å². The lowest BCUT2D eigenvalue weighted by Gasteiger charge is -2.11. The molecule has 5 heteroatoms. The van der Waals surface area contributed by atoms with Gasteiger partial charge >= 0.3 is 0 Å². The van der Waals surface area contributed by atoms with E-state index in [2.05, 4.69) is 5.32 Å². The molecule has 0 saturated carbocycles. The summed E-state index contributed by atoms with van der Waals surface area (Å²) in [5.41, 5.74) is 2.29. The minimum atomic E-state index is -0.270. The molecule has 1 aromatic carbocycles. The van der Waals surface area contributed by atoms with Crippen molar-refractivity contribution in [3.63, 3.8) is 0 Å². The SMILES string of the molecule is Cc1cccc(OCCNC(=O)c2ccc(C(C)Cl)o2)c1C. The second-order valence-electron chi connectivity index (χ2n) is 5.12. The van der Waals surface area contributed by atoms with Gasteiger partial charge in [0.2, 0.25) is 0 Å². The predicted molar refractivity (Wildman–Crippen MR) is 86.7 cm³/mol. The third-order valence-corrected chi connectivity index (χ3v) is 3.66. The predicted octanol–water partition coefficient (Wildman–Crippen LogP) is 4.01. The summed E-state index contributed by atoms with van der Waals surface area (Å²) in [7, 11) is 0. The fraction of sp³-hybridized carbons (Fsp3) is 0.353. The summed E-state index contributed by atoms with van der Waals surface area (Å²) in [6, 6.07) is 9.24. The molecule has 0 fully saturated rings. The van der Waals surface area contributed by atoms with E-state index in [9.17, 15) is 4.79 Å². The van der Waals surface area contributed by atoms with Crippen LogP contribution < -0.4 is 10.1 Å². The first-order valence-electron chi connectivity index (χ1n) is 7.20. The molecule has 0 aliphatic carbocycles. The van der Waals surface area contributed by atoms with Gasteiger partial charge in [0.05, 0.1) is 11.9 Å². The van der Waals surface area contributed by atoms with Gasteiger partial charge in [0.15, 0.2) is 5.76 Å². The van der Waals surface area contributed by atoms with E-state index in [1.54, 1.807) is 19.1 Å². The molecule has 0 saturated heterocycles. The van der Waals surface area contributed by atoms with Crippen LogP contribution in [0.5, 0.6) is 5.75 Å². The van der Waals surface area contributed by atoms with Crippen LogP contribution in [0.15, 0.2) is 34.7 Å². The molecule has 0 aliphatic rings. The van der Waals surface area contributed by atoms with Crippen LogP contribution in [0, 0.1) is 13.8 Å². The van der Waals surface area contributed by atoms with E-state index in [4.69, 9.17) is 20.8 Å². The van der Waals surface area contributed by atoms with E-state index in [1.807, 2.05) is 32.0 Å². The highest BCUT2D eigenvalue weighted by molar-refractivity contribution is 6.20. The number of carbonyl (C=O) groups is 1. The Bertz CT molecular complexity index is 649. The van der Waals surface area contributed by atoms with Crippen LogP contribution in [0.2, 0.25) is 0 Å². The molecule has 2 rings (SSSR count). The normalized spacial score (nSPS) is 12.0. The molecule has 1 heterocycles. The van der Waals surface area contributed by atoms with Gasteiger partial charge in [0, 0.05) is 0 Å². The number of benzene rings is 1. The fourth-order valence-electron chi connectivity index (χ4n) is 1.98. The number of nitrogens with one attached hydrogen (secondary N) is 1. The minimum Gasteiger partial charge on any atom is -0.491 e. The number of alkyl halides is 1. The highest BCUT2D eigenvalue weighted by Crippen LogP contribution is 2.22. The van der Waals surface area contributed by atoms with Crippen LogP contribution in [-0.4, -0.2) is 19.1 Å². The number of carbonyl (C=O) groups excluding carboxylic acids is 1. The Hall–Kier alpha value is -1.94. The zero-order valence-corrected chi connectivity index (χ0v) is 13.7. The third kappa shape index (κ3) is 4.04. The Morgan fingerprint density at radius 2 is 2.09 bits per heavy atom. The molecule has 1 amide bonds. The number of amides is 1. The Labute approximate surface area is 135 Å². The molecule has 1 atom stereocenters. The molecule has 22 heavy (non-hydrogen) atoms. The largest absolute Gasteiger partial charge is 0.491 e. The van der Waals surface area contributed by atoms with Crippen molar-refractivity contribution in [1.82, 2.24) is 5.32 Å². The van der Waals surface area contributed by atoms with E-state index in [-0.39, 0.29) is 17.0 Å². The Morgan fingerprint density at radius 3 is 2.77 bits per heavy atom. The summed E-state index contributed by atoms with van der Waals surface area (Å²) in [6.45, 7) is 6.64. The van der Waals surface area contributed by atoms with Crippen LogP contribution in [-0.2, 0) is 0 Å². The molecule has 2 aromatic rings. The van der Waals surface area contributed by atoms with Gasteiger partial charge in [0.25, 0.3) is 5.91 Å². The van der Waals surface area contributed by atoms with E-state index in [0.717, 1.165) is 11.3 Å². The number of halogens is 1. The second kappa shape index (κ2) is 7.36. The van der Waals surface area contributed by atoms with E-state index < -0.39 is 0 Å². The summed E-state index contributed by atoms with van der Waals surface area (Å²) in [5, 5.41) is 2.50. The third-order valence-electron chi connectivity index (χ3n) is 3.44. The van der Waals surface area contributed by atoms with Gasteiger partial charge in [-0.05, 0) is 50.1 Å². The maximum Gasteiger partial charge on any atom is 0.287 e. The Kier molecular flexibility index (Phi) is 5.50. The summed E-state index contributed by atoms with van der Waals surface area (Å²) in [6.07, 6.45) is 0. The smallest absolute Gasteiger partial charge is 0.287 e. The number of hydrogen-bond acceptors (Lipinski definition) is 3. The highest BCUT2D eigenvalue weighted by Gasteiger charge is 2.13. The van der Waals surface area contributed by atoms with Gasteiger partial charge in [-0.1, -0.05) is 12.1 Å². The monoisotopic (exact) mass is 321 g/mol. The molecule has 118 valence electrons. The van der Waals surface area contributed by atoms with Crippen molar-refractivity contribution < 1.29 is 13.9 Å². The molecule has 1 aromatic heterocycles. The van der Waals surface area contributed by atoms with Crippen LogP contribution in [0.25, 0.3) is 0 Å². The van der Waals surface area contributed by atoms with E-state index >= 15 is 0 Å². The van der Waals surface area contributed by atoms with Crippen LogP contribution in [0.4, 0.5) is 0 Å². The zero-order chi connectivity index (χ0) is 16.1. The molecule has 1 unspecified atom stereocenters. The molecule has 0 aliphatic heterocycles. The number of rotatable bonds is 6. The van der Waals surface area contributed by atoms with E-state index in [1.165, 1.54) is 5.56 Å². The lowest BCUT2D eigenvalue weighted by Crippen LogP contribution is -2.27. The number of hydrogen-bond donors (Lipinski definition) is 1. The maximum atomic E-state index is 11.9. The zero-order valence-electron chi connectivity index (χ0n) is 13.0. The first-order valence-corrected chi connectivity index (χ1v) is 7.63. The standard InChI is InChI=1S/C17H20ClNO3/c1-11-5-4-6-14(12(11)2)21-10-9-19-17(20)16-8-7-15(22-16)13(3)18/h4-8,13H,9-10H2,1-3H3,(H,19,20). The average Bonchev–Trinajstić information content (AvgIpc) is 2.97. The van der Waals surface area contributed by atoms with Crippen molar-refractivity contribution in [2.24, 2.45) is 0 Å². The quantitative estimate of drug-likeness (QED) is 0.646. The lowest BCUT2D eigenvalue weighted by atomic mass is 10.1. The van der Waals surface area contributed by atoms with Crippen molar-refractivity contribution in [3.05, 3.63) is 53.0 Å². The van der Waals surface area contributed by atoms with Crippen LogP contribution >= 0.6 is 11.6 Å². The van der Waals surface area contributed by atoms with Gasteiger partial charge in [-0.15, -0.1) is 11.6 Å². The second-order valence-corrected chi connectivity index (χ2v) is 5.78. The Morgan fingerprint density at radius 1 is 1.32 bits per heavy atom. The van der Waals surface area contributed by atoms with Crippen LogP contribution in [0.1, 0.15) is 39.7 Å². The number of ether oxygens (including phenoxy) is 1. The first-order chi connectivity index (χ1) is 10.5. The van der Waals surface area contributed by atoms with Crippen molar-refractivity contribution in [2.45, 2.75) is 26.1 Å².